The zero-order valence-electron chi connectivity index (χ0n) is 18.1. The predicted molar refractivity (Wildman–Crippen MR) is 125 cm³/mol. The van der Waals surface area contributed by atoms with E-state index in [0.717, 1.165) is 45.3 Å². The van der Waals surface area contributed by atoms with Crippen molar-refractivity contribution in [2.45, 2.75) is 26.8 Å². The number of nitrogens with one attached hydrogen (secondary N) is 1. The number of nitrogens with zero attached hydrogens (tertiary/aromatic N) is 5. The zero-order chi connectivity index (χ0) is 22.2. The monoisotopic (exact) mass is 426 g/mol. The molecular formula is C25H23FN6. The average Bonchev–Trinajstić information content (AvgIpc) is 3.39. The number of rotatable bonds is 5. The van der Waals surface area contributed by atoms with Crippen LogP contribution in [0, 0.1) is 12.7 Å². The molecule has 0 saturated heterocycles. The van der Waals surface area contributed by atoms with E-state index >= 15 is 0 Å². The summed E-state index contributed by atoms with van der Waals surface area (Å²) in [7, 11) is 0. The number of aryl methyl sites for hydroxylation is 1. The van der Waals surface area contributed by atoms with Gasteiger partial charge in [-0.1, -0.05) is 6.07 Å². The minimum absolute atomic E-state index is 0.195. The van der Waals surface area contributed by atoms with Crippen molar-refractivity contribution in [1.82, 2.24) is 24.3 Å². The number of aromatic nitrogens is 5. The SMILES string of the molecule is Cc1ncn(-c2ccc(Nc3cccc4c3nc(-c3ccc(F)cc3)n4C(C)C)cc2)n1. The maximum absolute atomic E-state index is 13.5. The van der Waals surface area contributed by atoms with Crippen LogP contribution in [0.25, 0.3) is 28.1 Å². The lowest BCUT2D eigenvalue weighted by molar-refractivity contribution is 0.621. The van der Waals surface area contributed by atoms with Gasteiger partial charge in [-0.3, -0.25) is 0 Å². The quantitative estimate of drug-likeness (QED) is 0.371. The van der Waals surface area contributed by atoms with E-state index in [0.29, 0.717) is 0 Å². The highest BCUT2D eigenvalue weighted by atomic mass is 19.1. The Hall–Kier alpha value is -4.00. The van der Waals surface area contributed by atoms with Crippen LogP contribution in [0.4, 0.5) is 15.8 Å². The third kappa shape index (κ3) is 3.62. The number of hydrogen-bond acceptors (Lipinski definition) is 4. The van der Waals surface area contributed by atoms with Gasteiger partial charge in [-0.05, 0) is 81.4 Å². The van der Waals surface area contributed by atoms with Crippen LogP contribution in [0.1, 0.15) is 25.7 Å². The Morgan fingerprint density at radius 2 is 1.69 bits per heavy atom. The zero-order valence-corrected chi connectivity index (χ0v) is 18.1. The standard InChI is InChI=1S/C25H23FN6/c1-16(2)32-23-6-4-5-22(24(23)29-25(32)18-7-9-19(26)10-8-18)28-20-11-13-21(14-12-20)31-15-27-17(3)30-31/h4-16,28H,1-3H3. The van der Waals surface area contributed by atoms with Crippen molar-refractivity contribution in [3.63, 3.8) is 0 Å². The molecule has 0 radical (unpaired) electrons. The lowest BCUT2D eigenvalue weighted by Crippen LogP contribution is -2.03. The van der Waals surface area contributed by atoms with Gasteiger partial charge in [-0.15, -0.1) is 0 Å². The molecule has 0 unspecified atom stereocenters. The normalized spacial score (nSPS) is 11.4. The van der Waals surface area contributed by atoms with Gasteiger partial charge in [0.1, 0.15) is 29.3 Å². The minimum Gasteiger partial charge on any atom is -0.354 e. The van der Waals surface area contributed by atoms with Gasteiger partial charge in [0, 0.05) is 17.3 Å². The molecule has 0 bridgehead atoms. The van der Waals surface area contributed by atoms with Crippen molar-refractivity contribution < 1.29 is 4.39 Å². The van der Waals surface area contributed by atoms with Gasteiger partial charge in [0.15, 0.2) is 0 Å². The number of hydrogen-bond donors (Lipinski definition) is 1. The molecule has 0 amide bonds. The van der Waals surface area contributed by atoms with Crippen LogP contribution in [0.3, 0.4) is 0 Å². The second-order valence-corrected chi connectivity index (χ2v) is 7.99. The third-order valence-corrected chi connectivity index (χ3v) is 5.36. The van der Waals surface area contributed by atoms with Crippen LogP contribution in [0.15, 0.2) is 73.1 Å². The van der Waals surface area contributed by atoms with E-state index in [1.54, 1.807) is 23.1 Å². The Kier molecular flexibility index (Phi) is 4.93. The first kappa shape index (κ1) is 19.9. The Labute approximate surface area is 185 Å². The molecule has 2 aromatic heterocycles. The van der Waals surface area contributed by atoms with Crippen LogP contribution in [0.2, 0.25) is 0 Å². The highest BCUT2D eigenvalue weighted by molar-refractivity contribution is 5.93. The van der Waals surface area contributed by atoms with Gasteiger partial charge in [0.2, 0.25) is 0 Å². The first-order chi connectivity index (χ1) is 15.5. The fraction of sp³-hybridized carbons (Fsp3) is 0.160. The number of benzene rings is 3. The highest BCUT2D eigenvalue weighted by Gasteiger charge is 2.17. The van der Waals surface area contributed by atoms with Crippen molar-refractivity contribution in [3.05, 3.63) is 84.7 Å². The van der Waals surface area contributed by atoms with Crippen molar-refractivity contribution in [1.29, 1.82) is 0 Å². The molecule has 5 rings (SSSR count). The van der Waals surface area contributed by atoms with Gasteiger partial charge in [-0.25, -0.2) is 19.0 Å². The van der Waals surface area contributed by atoms with Crippen LogP contribution >= 0.6 is 0 Å². The molecule has 0 saturated carbocycles. The summed E-state index contributed by atoms with van der Waals surface area (Å²) in [6.45, 7) is 6.11. The molecule has 2 heterocycles. The second-order valence-electron chi connectivity index (χ2n) is 7.99. The largest absolute Gasteiger partial charge is 0.354 e. The average molecular weight is 426 g/mol. The lowest BCUT2D eigenvalue weighted by atomic mass is 10.2. The summed E-state index contributed by atoms with van der Waals surface area (Å²) in [6.07, 6.45) is 1.70. The summed E-state index contributed by atoms with van der Waals surface area (Å²) in [6, 6.07) is 20.8. The summed E-state index contributed by atoms with van der Waals surface area (Å²) in [5, 5.41) is 7.84. The second kappa shape index (κ2) is 7.92. The van der Waals surface area contributed by atoms with Gasteiger partial charge < -0.3 is 9.88 Å². The summed E-state index contributed by atoms with van der Waals surface area (Å²) in [5.41, 5.74) is 5.58. The third-order valence-electron chi connectivity index (χ3n) is 5.36. The van der Waals surface area contributed by atoms with Gasteiger partial charge in [0.05, 0.1) is 16.9 Å². The molecule has 160 valence electrons. The summed E-state index contributed by atoms with van der Waals surface area (Å²) >= 11 is 0. The van der Waals surface area contributed by atoms with E-state index in [1.165, 1.54) is 12.1 Å². The first-order valence-corrected chi connectivity index (χ1v) is 10.5. The molecule has 0 aliphatic carbocycles. The maximum atomic E-state index is 13.5. The molecule has 5 aromatic rings. The van der Waals surface area contributed by atoms with Gasteiger partial charge in [0.25, 0.3) is 0 Å². The Bertz CT molecular complexity index is 1380. The topological polar surface area (TPSA) is 60.6 Å². The molecule has 0 fully saturated rings. The van der Waals surface area contributed by atoms with E-state index in [1.807, 2.05) is 43.3 Å². The van der Waals surface area contributed by atoms with E-state index in [9.17, 15) is 4.39 Å². The van der Waals surface area contributed by atoms with E-state index in [2.05, 4.69) is 39.9 Å². The molecule has 3 aromatic carbocycles. The Morgan fingerprint density at radius 1 is 0.938 bits per heavy atom. The molecule has 1 N–H and O–H groups in total. The number of imidazole rings is 1. The van der Waals surface area contributed by atoms with E-state index < -0.39 is 0 Å². The van der Waals surface area contributed by atoms with E-state index in [-0.39, 0.29) is 11.9 Å². The molecular weight excluding hydrogens is 403 g/mol. The summed E-state index contributed by atoms with van der Waals surface area (Å²) in [4.78, 5) is 9.13. The Morgan fingerprint density at radius 3 is 2.34 bits per heavy atom. The van der Waals surface area contributed by atoms with Crippen LogP contribution in [-0.2, 0) is 0 Å². The molecule has 0 aliphatic rings. The predicted octanol–water partition coefficient (Wildman–Crippen LogP) is 6.06. The number of anilines is 2. The van der Waals surface area contributed by atoms with Crippen molar-refractivity contribution in [2.24, 2.45) is 0 Å². The summed E-state index contributed by atoms with van der Waals surface area (Å²) < 4.78 is 17.4. The molecule has 0 aliphatic heterocycles. The summed E-state index contributed by atoms with van der Waals surface area (Å²) in [5.74, 6) is 1.30. The molecule has 0 atom stereocenters. The number of para-hydroxylation sites is 1. The fourth-order valence-electron chi connectivity index (χ4n) is 3.87. The van der Waals surface area contributed by atoms with Crippen LogP contribution in [-0.4, -0.2) is 24.3 Å². The van der Waals surface area contributed by atoms with Crippen LogP contribution < -0.4 is 5.32 Å². The molecule has 0 spiro atoms. The van der Waals surface area contributed by atoms with Crippen LogP contribution in [0.5, 0.6) is 0 Å². The number of halogens is 1. The first-order valence-electron chi connectivity index (χ1n) is 10.5. The van der Waals surface area contributed by atoms with Crippen molar-refractivity contribution >= 4 is 22.4 Å². The Balaban J connectivity index is 1.53. The number of fused-ring (bicyclic) bond motifs is 1. The molecule has 7 heteroatoms. The molecule has 32 heavy (non-hydrogen) atoms. The fourth-order valence-corrected chi connectivity index (χ4v) is 3.87. The smallest absolute Gasteiger partial charge is 0.147 e. The molecule has 6 nitrogen and oxygen atoms in total. The van der Waals surface area contributed by atoms with Gasteiger partial charge >= 0.3 is 0 Å². The van der Waals surface area contributed by atoms with E-state index in [4.69, 9.17) is 4.98 Å². The lowest BCUT2D eigenvalue weighted by Gasteiger charge is -2.13. The van der Waals surface area contributed by atoms with Gasteiger partial charge in [-0.2, -0.15) is 5.10 Å². The maximum Gasteiger partial charge on any atom is 0.147 e. The van der Waals surface area contributed by atoms with Crippen molar-refractivity contribution in [3.8, 4) is 17.1 Å². The minimum atomic E-state index is -0.257. The highest BCUT2D eigenvalue weighted by Crippen LogP contribution is 2.33. The van der Waals surface area contributed by atoms with Crippen molar-refractivity contribution in [2.75, 3.05) is 5.32 Å².